The highest BCUT2D eigenvalue weighted by Gasteiger charge is 2.35. The van der Waals surface area contributed by atoms with E-state index in [2.05, 4.69) is 0 Å². The van der Waals surface area contributed by atoms with E-state index in [-0.39, 0.29) is 16.7 Å². The Morgan fingerprint density at radius 1 is 0.938 bits per heavy atom. The zero-order chi connectivity index (χ0) is 22.7. The maximum absolute atomic E-state index is 12.8. The van der Waals surface area contributed by atoms with Gasteiger partial charge in [0.15, 0.2) is 0 Å². The van der Waals surface area contributed by atoms with Gasteiger partial charge in [0.25, 0.3) is 11.1 Å². The minimum atomic E-state index is -0.482. The van der Waals surface area contributed by atoms with E-state index in [1.54, 1.807) is 72.8 Å². The summed E-state index contributed by atoms with van der Waals surface area (Å²) in [5, 5.41) is 0.379. The van der Waals surface area contributed by atoms with Gasteiger partial charge in [0.05, 0.1) is 27.1 Å². The summed E-state index contributed by atoms with van der Waals surface area (Å²) in [6.45, 7) is 0.0909. The number of hydrogen-bond donors (Lipinski definition) is 0. The lowest BCUT2D eigenvalue weighted by molar-refractivity contribution is -0.123. The van der Waals surface area contributed by atoms with E-state index in [1.165, 1.54) is 0 Å². The number of rotatable bonds is 5. The van der Waals surface area contributed by atoms with Crippen molar-refractivity contribution in [2.24, 2.45) is 0 Å². The fourth-order valence-corrected chi connectivity index (χ4v) is 4.18. The molecule has 0 N–H and O–H groups in total. The third-order valence-electron chi connectivity index (χ3n) is 4.57. The minimum Gasteiger partial charge on any atom is -0.423 e. The molecule has 2 amide bonds. The maximum Gasteiger partial charge on any atom is 0.343 e. The smallest absolute Gasteiger partial charge is 0.343 e. The number of thioether (sulfide) groups is 1. The van der Waals surface area contributed by atoms with Gasteiger partial charge in [-0.25, -0.2) is 4.79 Å². The number of halogens is 2. The van der Waals surface area contributed by atoms with Crippen LogP contribution in [0.25, 0.3) is 6.08 Å². The van der Waals surface area contributed by atoms with Crippen molar-refractivity contribution in [3.8, 4) is 5.75 Å². The van der Waals surface area contributed by atoms with Gasteiger partial charge >= 0.3 is 5.97 Å². The molecule has 1 aliphatic heterocycles. The van der Waals surface area contributed by atoms with Crippen LogP contribution in [0.4, 0.5) is 4.79 Å². The number of benzene rings is 3. The monoisotopic (exact) mass is 483 g/mol. The zero-order valence-corrected chi connectivity index (χ0v) is 18.8. The molecule has 0 radical (unpaired) electrons. The van der Waals surface area contributed by atoms with Gasteiger partial charge < -0.3 is 4.74 Å². The van der Waals surface area contributed by atoms with Crippen LogP contribution in [0, 0.1) is 0 Å². The van der Waals surface area contributed by atoms with Crippen molar-refractivity contribution in [1.82, 2.24) is 4.90 Å². The van der Waals surface area contributed by atoms with Crippen molar-refractivity contribution >= 4 is 58.2 Å². The van der Waals surface area contributed by atoms with E-state index >= 15 is 0 Å². The van der Waals surface area contributed by atoms with Gasteiger partial charge in [-0.3, -0.25) is 14.5 Å². The summed E-state index contributed by atoms with van der Waals surface area (Å²) in [6, 6.07) is 20.3. The number of imide groups is 1. The first-order chi connectivity index (χ1) is 15.4. The van der Waals surface area contributed by atoms with Crippen molar-refractivity contribution in [2.75, 3.05) is 0 Å². The predicted octanol–water partition coefficient (Wildman–Crippen LogP) is 6.45. The summed E-state index contributed by atoms with van der Waals surface area (Å²) >= 11 is 12.8. The second-order valence-corrected chi connectivity index (χ2v) is 8.65. The molecule has 8 heteroatoms. The van der Waals surface area contributed by atoms with E-state index in [4.69, 9.17) is 27.9 Å². The summed E-state index contributed by atoms with van der Waals surface area (Å²) in [6.07, 6.45) is 1.60. The number of carbonyl (C=O) groups excluding carboxylic acids is 3. The van der Waals surface area contributed by atoms with Gasteiger partial charge in [0.1, 0.15) is 5.75 Å². The summed E-state index contributed by atoms with van der Waals surface area (Å²) < 4.78 is 5.41. The van der Waals surface area contributed by atoms with E-state index in [0.29, 0.717) is 32.5 Å². The number of amides is 2. The molecule has 0 aromatic heterocycles. The lowest BCUT2D eigenvalue weighted by Gasteiger charge is -2.13. The fraction of sp³-hybridized carbons (Fsp3) is 0.0417. The Balaban J connectivity index is 1.49. The van der Waals surface area contributed by atoms with Crippen molar-refractivity contribution in [1.29, 1.82) is 0 Å². The molecule has 4 rings (SSSR count). The van der Waals surface area contributed by atoms with Gasteiger partial charge in [0.2, 0.25) is 0 Å². The molecule has 0 saturated carbocycles. The first kappa shape index (κ1) is 22.1. The van der Waals surface area contributed by atoms with E-state index in [1.807, 2.05) is 6.07 Å². The normalized spacial score (nSPS) is 14.8. The molecule has 32 heavy (non-hydrogen) atoms. The molecule has 0 unspecified atom stereocenters. The van der Waals surface area contributed by atoms with Crippen LogP contribution >= 0.6 is 35.0 Å². The van der Waals surface area contributed by atoms with E-state index in [0.717, 1.165) is 16.7 Å². The van der Waals surface area contributed by atoms with Gasteiger partial charge in [-0.05, 0) is 65.4 Å². The summed E-state index contributed by atoms with van der Waals surface area (Å²) in [7, 11) is 0. The van der Waals surface area contributed by atoms with Crippen molar-refractivity contribution in [2.45, 2.75) is 6.54 Å². The second-order valence-electron chi connectivity index (χ2n) is 6.84. The van der Waals surface area contributed by atoms with Crippen LogP contribution in [0.5, 0.6) is 5.75 Å². The van der Waals surface area contributed by atoms with E-state index < -0.39 is 11.9 Å². The standard InChI is InChI=1S/C24H15Cl2NO4S/c25-19-10-9-16(12-20(19)26)14-27-22(28)21(32-24(27)30)13-15-5-4-8-18(11-15)31-23(29)17-6-2-1-3-7-17/h1-13H,14H2/b21-13-. The van der Waals surface area contributed by atoms with Crippen molar-refractivity contribution < 1.29 is 19.1 Å². The van der Waals surface area contributed by atoms with Crippen LogP contribution < -0.4 is 4.74 Å². The Morgan fingerprint density at radius 2 is 1.72 bits per heavy atom. The molecular weight excluding hydrogens is 469 g/mol. The molecule has 0 aliphatic carbocycles. The van der Waals surface area contributed by atoms with Gasteiger partial charge in [-0.15, -0.1) is 0 Å². The summed E-state index contributed by atoms with van der Waals surface area (Å²) in [5.74, 6) is -0.551. The van der Waals surface area contributed by atoms with Crippen LogP contribution in [0.2, 0.25) is 10.0 Å². The molecule has 1 fully saturated rings. The Bertz CT molecular complexity index is 1240. The summed E-state index contributed by atoms with van der Waals surface area (Å²) in [4.78, 5) is 38.9. The lowest BCUT2D eigenvalue weighted by Crippen LogP contribution is -2.27. The molecule has 1 saturated heterocycles. The number of nitrogens with zero attached hydrogens (tertiary/aromatic N) is 1. The van der Waals surface area contributed by atoms with Gasteiger partial charge in [-0.2, -0.15) is 0 Å². The molecule has 0 bridgehead atoms. The molecular formula is C24H15Cl2NO4S. The largest absolute Gasteiger partial charge is 0.423 e. The minimum absolute atomic E-state index is 0.0909. The molecule has 3 aromatic rings. The molecule has 0 spiro atoms. The van der Waals surface area contributed by atoms with Gasteiger partial charge in [-0.1, -0.05) is 59.6 Å². The SMILES string of the molecule is O=C(Oc1cccc(/C=C2\SC(=O)N(Cc3ccc(Cl)c(Cl)c3)C2=O)c1)c1ccccc1. The van der Waals surface area contributed by atoms with Gasteiger partial charge in [0, 0.05) is 0 Å². The Kier molecular flexibility index (Phi) is 6.65. The predicted molar refractivity (Wildman–Crippen MR) is 126 cm³/mol. The topological polar surface area (TPSA) is 63.7 Å². The average molecular weight is 484 g/mol. The van der Waals surface area contributed by atoms with Crippen molar-refractivity contribution in [3.05, 3.63) is 104 Å². The molecule has 1 aliphatic rings. The fourth-order valence-electron chi connectivity index (χ4n) is 3.02. The highest BCUT2D eigenvalue weighted by Crippen LogP contribution is 2.34. The third kappa shape index (κ3) is 5.05. The highest BCUT2D eigenvalue weighted by molar-refractivity contribution is 8.18. The van der Waals surface area contributed by atoms with Crippen LogP contribution in [0.15, 0.2) is 77.7 Å². The number of esters is 1. The molecule has 0 atom stereocenters. The Labute approximate surface area is 198 Å². The molecule has 1 heterocycles. The van der Waals surface area contributed by atoms with Crippen LogP contribution in [-0.4, -0.2) is 22.0 Å². The zero-order valence-electron chi connectivity index (χ0n) is 16.5. The third-order valence-corrected chi connectivity index (χ3v) is 6.22. The maximum atomic E-state index is 12.8. The first-order valence-corrected chi connectivity index (χ1v) is 11.0. The lowest BCUT2D eigenvalue weighted by atomic mass is 10.2. The Morgan fingerprint density at radius 3 is 2.47 bits per heavy atom. The van der Waals surface area contributed by atoms with Crippen LogP contribution in [0.1, 0.15) is 21.5 Å². The quantitative estimate of drug-likeness (QED) is 0.237. The number of hydrogen-bond acceptors (Lipinski definition) is 5. The van der Waals surface area contributed by atoms with E-state index in [9.17, 15) is 14.4 Å². The number of ether oxygens (including phenoxy) is 1. The molecule has 5 nitrogen and oxygen atoms in total. The van der Waals surface area contributed by atoms with Crippen LogP contribution in [-0.2, 0) is 11.3 Å². The molecule has 160 valence electrons. The van der Waals surface area contributed by atoms with Crippen molar-refractivity contribution in [3.63, 3.8) is 0 Å². The average Bonchev–Trinajstić information content (AvgIpc) is 3.04. The highest BCUT2D eigenvalue weighted by atomic mass is 35.5. The summed E-state index contributed by atoms with van der Waals surface area (Å²) in [5.41, 5.74) is 1.75. The first-order valence-electron chi connectivity index (χ1n) is 9.47. The Hall–Kier alpha value is -3.06. The number of carbonyl (C=O) groups is 3. The second kappa shape index (κ2) is 9.61. The molecule has 3 aromatic carbocycles. The van der Waals surface area contributed by atoms with Crippen LogP contribution in [0.3, 0.4) is 0 Å².